The van der Waals surface area contributed by atoms with Gasteiger partial charge >= 0.3 is 0 Å². The van der Waals surface area contributed by atoms with Crippen molar-refractivity contribution >= 4 is 29.9 Å². The van der Waals surface area contributed by atoms with Crippen LogP contribution < -0.4 is 24.8 Å². The van der Waals surface area contributed by atoms with E-state index in [-0.39, 0.29) is 29.4 Å². The molecule has 0 saturated heterocycles. The summed E-state index contributed by atoms with van der Waals surface area (Å²) < 4.78 is 16.4. The molecule has 0 aromatic heterocycles. The van der Waals surface area contributed by atoms with Gasteiger partial charge in [0.15, 0.2) is 17.5 Å². The lowest BCUT2D eigenvalue weighted by Crippen LogP contribution is -2.48. The van der Waals surface area contributed by atoms with Gasteiger partial charge in [-0.15, -0.1) is 24.0 Å². The molecule has 6 nitrogen and oxygen atoms in total. The highest BCUT2D eigenvalue weighted by Gasteiger charge is 2.38. The highest BCUT2D eigenvalue weighted by atomic mass is 127. The van der Waals surface area contributed by atoms with Crippen molar-refractivity contribution in [3.8, 4) is 17.2 Å². The number of hydrogen-bond acceptors (Lipinski definition) is 4. The Morgan fingerprint density at radius 2 is 1.65 bits per heavy atom. The van der Waals surface area contributed by atoms with E-state index in [1.165, 1.54) is 24.8 Å². The summed E-state index contributed by atoms with van der Waals surface area (Å²) in [6, 6.07) is 14.6. The zero-order valence-corrected chi connectivity index (χ0v) is 21.2. The molecular formula is C24H34IN3O3. The molecule has 2 aromatic carbocycles. The number of nitrogens with zero attached hydrogens (tertiary/aromatic N) is 1. The maximum Gasteiger partial charge on any atom is 0.203 e. The second-order valence-electron chi connectivity index (χ2n) is 7.54. The zero-order valence-electron chi connectivity index (χ0n) is 18.9. The van der Waals surface area contributed by atoms with Crippen LogP contribution >= 0.6 is 24.0 Å². The van der Waals surface area contributed by atoms with Crippen LogP contribution in [0.5, 0.6) is 17.2 Å². The first-order valence-electron chi connectivity index (χ1n) is 10.5. The van der Waals surface area contributed by atoms with Crippen molar-refractivity contribution in [3.63, 3.8) is 0 Å². The molecule has 0 atom stereocenters. The van der Waals surface area contributed by atoms with Gasteiger partial charge < -0.3 is 24.8 Å². The maximum absolute atomic E-state index is 5.59. The number of methoxy groups -OCH3 is 3. The fourth-order valence-electron chi connectivity index (χ4n) is 4.01. The Balaban J connectivity index is 0.00000341. The van der Waals surface area contributed by atoms with Crippen LogP contribution in [0.2, 0.25) is 0 Å². The molecule has 1 fully saturated rings. The van der Waals surface area contributed by atoms with Crippen LogP contribution in [0, 0.1) is 0 Å². The second-order valence-corrected chi connectivity index (χ2v) is 7.54. The Kier molecular flexibility index (Phi) is 9.74. The van der Waals surface area contributed by atoms with Crippen LogP contribution in [-0.2, 0) is 12.0 Å². The molecule has 1 aliphatic rings. The lowest BCUT2D eigenvalue weighted by molar-refractivity contribution is 0.244. The van der Waals surface area contributed by atoms with Gasteiger partial charge in [-0.2, -0.15) is 0 Å². The minimum Gasteiger partial charge on any atom is -0.493 e. The third-order valence-corrected chi connectivity index (χ3v) is 5.83. The van der Waals surface area contributed by atoms with Gasteiger partial charge in [0, 0.05) is 24.1 Å². The van der Waals surface area contributed by atoms with E-state index in [1.807, 2.05) is 12.1 Å². The number of nitrogens with one attached hydrogen (secondary N) is 2. The SMILES string of the molecule is CCNC(=NCc1ccc(OC)c(OC)c1OC)NCC1(c2ccccc2)CCC1.I. The van der Waals surface area contributed by atoms with E-state index >= 15 is 0 Å². The largest absolute Gasteiger partial charge is 0.493 e. The van der Waals surface area contributed by atoms with Gasteiger partial charge in [-0.3, -0.25) is 0 Å². The topological polar surface area (TPSA) is 64.1 Å². The number of aliphatic imine (C=N–C) groups is 1. The van der Waals surface area contributed by atoms with Crippen LogP contribution in [0.15, 0.2) is 47.5 Å². The minimum atomic E-state index is 0. The molecule has 2 N–H and O–H groups in total. The normalized spacial score (nSPS) is 14.6. The van der Waals surface area contributed by atoms with Crippen molar-refractivity contribution in [1.29, 1.82) is 0 Å². The number of halogens is 1. The van der Waals surface area contributed by atoms with Crippen molar-refractivity contribution in [2.24, 2.45) is 4.99 Å². The summed E-state index contributed by atoms with van der Waals surface area (Å²) >= 11 is 0. The van der Waals surface area contributed by atoms with Crippen LogP contribution in [0.25, 0.3) is 0 Å². The molecule has 0 heterocycles. The minimum absolute atomic E-state index is 0. The lowest BCUT2D eigenvalue weighted by atomic mass is 9.64. The molecule has 0 spiro atoms. The molecule has 1 saturated carbocycles. The highest BCUT2D eigenvalue weighted by Crippen LogP contribution is 2.43. The predicted molar refractivity (Wildman–Crippen MR) is 136 cm³/mol. The molecule has 0 bridgehead atoms. The Labute approximate surface area is 202 Å². The molecule has 1 aliphatic carbocycles. The van der Waals surface area contributed by atoms with Crippen LogP contribution in [-0.4, -0.2) is 40.4 Å². The quantitative estimate of drug-likeness (QED) is 0.279. The summed E-state index contributed by atoms with van der Waals surface area (Å²) in [5, 5.41) is 6.92. The highest BCUT2D eigenvalue weighted by molar-refractivity contribution is 14.0. The van der Waals surface area contributed by atoms with E-state index in [0.29, 0.717) is 23.8 Å². The van der Waals surface area contributed by atoms with Crippen molar-refractivity contribution in [2.45, 2.75) is 38.1 Å². The van der Waals surface area contributed by atoms with Gasteiger partial charge in [0.25, 0.3) is 0 Å². The second kappa shape index (κ2) is 12.0. The van der Waals surface area contributed by atoms with Gasteiger partial charge in [0.1, 0.15) is 0 Å². The molecule has 31 heavy (non-hydrogen) atoms. The molecule has 3 rings (SSSR count). The molecule has 0 radical (unpaired) electrons. The summed E-state index contributed by atoms with van der Waals surface area (Å²) in [6.45, 7) is 4.21. The Morgan fingerprint density at radius 3 is 2.19 bits per heavy atom. The number of ether oxygens (including phenoxy) is 3. The number of rotatable bonds is 9. The Morgan fingerprint density at radius 1 is 0.935 bits per heavy atom. The van der Waals surface area contributed by atoms with Gasteiger partial charge in [-0.05, 0) is 37.5 Å². The molecule has 170 valence electrons. The Hall–Kier alpha value is -2.16. The van der Waals surface area contributed by atoms with E-state index in [4.69, 9.17) is 19.2 Å². The van der Waals surface area contributed by atoms with Crippen LogP contribution in [0.1, 0.15) is 37.3 Å². The third kappa shape index (κ3) is 5.75. The summed E-state index contributed by atoms with van der Waals surface area (Å²) in [4.78, 5) is 4.80. The summed E-state index contributed by atoms with van der Waals surface area (Å²) in [7, 11) is 4.86. The van der Waals surface area contributed by atoms with E-state index in [0.717, 1.165) is 24.6 Å². The molecule has 7 heteroatoms. The molecule has 2 aromatic rings. The van der Waals surface area contributed by atoms with E-state index in [9.17, 15) is 0 Å². The fourth-order valence-corrected chi connectivity index (χ4v) is 4.01. The van der Waals surface area contributed by atoms with E-state index in [1.54, 1.807) is 21.3 Å². The first kappa shape index (κ1) is 25.1. The lowest BCUT2D eigenvalue weighted by Gasteiger charge is -2.43. The smallest absolute Gasteiger partial charge is 0.203 e. The first-order chi connectivity index (χ1) is 14.7. The van der Waals surface area contributed by atoms with Gasteiger partial charge in [-0.1, -0.05) is 36.8 Å². The van der Waals surface area contributed by atoms with Crippen LogP contribution in [0.3, 0.4) is 0 Å². The fraction of sp³-hybridized carbons (Fsp3) is 0.458. The molecule has 0 unspecified atom stereocenters. The molecular weight excluding hydrogens is 505 g/mol. The van der Waals surface area contributed by atoms with Crippen molar-refractivity contribution in [3.05, 3.63) is 53.6 Å². The maximum atomic E-state index is 5.59. The summed E-state index contributed by atoms with van der Waals surface area (Å²) in [5.41, 5.74) is 2.54. The number of hydrogen-bond donors (Lipinski definition) is 2. The molecule has 0 aliphatic heterocycles. The van der Waals surface area contributed by atoms with Gasteiger partial charge in [-0.25, -0.2) is 4.99 Å². The van der Waals surface area contributed by atoms with Crippen molar-refractivity contribution < 1.29 is 14.2 Å². The van der Waals surface area contributed by atoms with E-state index < -0.39 is 0 Å². The number of benzene rings is 2. The van der Waals surface area contributed by atoms with Gasteiger partial charge in [0.05, 0.1) is 27.9 Å². The average molecular weight is 539 g/mol. The Bertz CT molecular complexity index is 855. The predicted octanol–water partition coefficient (Wildman–Crippen LogP) is 4.51. The number of guanidine groups is 1. The standard InChI is InChI=1S/C24H33N3O3.HI/c1-5-25-23(27-17-24(14-9-15-24)19-10-7-6-8-11-19)26-16-18-12-13-20(28-2)22(30-4)21(18)29-3;/h6-8,10-13H,5,9,14-17H2,1-4H3,(H2,25,26,27);1H. The summed E-state index contributed by atoms with van der Waals surface area (Å²) in [5.74, 6) is 2.68. The average Bonchev–Trinajstić information content (AvgIpc) is 2.76. The molecule has 0 amide bonds. The van der Waals surface area contributed by atoms with Crippen molar-refractivity contribution in [1.82, 2.24) is 10.6 Å². The first-order valence-corrected chi connectivity index (χ1v) is 10.5. The monoisotopic (exact) mass is 539 g/mol. The summed E-state index contributed by atoms with van der Waals surface area (Å²) in [6.07, 6.45) is 3.67. The zero-order chi connectivity index (χ0) is 21.4. The van der Waals surface area contributed by atoms with Gasteiger partial charge in [0.2, 0.25) is 5.75 Å². The van der Waals surface area contributed by atoms with Crippen LogP contribution in [0.4, 0.5) is 0 Å². The third-order valence-electron chi connectivity index (χ3n) is 5.83. The van der Waals surface area contributed by atoms with Crippen molar-refractivity contribution in [2.75, 3.05) is 34.4 Å². The van der Waals surface area contributed by atoms with E-state index in [2.05, 4.69) is 47.9 Å².